The maximum atomic E-state index is 13.3. The molecule has 0 aromatic carbocycles. The molecule has 0 aromatic heterocycles. The minimum atomic E-state index is -1.22. The lowest BCUT2D eigenvalue weighted by Gasteiger charge is -2.46. The van der Waals surface area contributed by atoms with Gasteiger partial charge < -0.3 is 34.4 Å². The Morgan fingerprint density at radius 1 is 1.14 bits per heavy atom. The zero-order valence-corrected chi connectivity index (χ0v) is 21.9. The first-order chi connectivity index (χ1) is 17.1. The summed E-state index contributed by atoms with van der Waals surface area (Å²) in [6.07, 6.45) is 1.52. The van der Waals surface area contributed by atoms with Crippen molar-refractivity contribution in [3.05, 3.63) is 10.6 Å². The van der Waals surface area contributed by atoms with Gasteiger partial charge in [0.1, 0.15) is 11.8 Å². The molecule has 12 heteroatoms. The van der Waals surface area contributed by atoms with E-state index >= 15 is 0 Å². The summed E-state index contributed by atoms with van der Waals surface area (Å²) in [5.41, 5.74) is 0.107. The Morgan fingerprint density at radius 2 is 1.83 bits per heavy atom. The molecule has 6 atom stereocenters. The van der Waals surface area contributed by atoms with Gasteiger partial charge in [0.05, 0.1) is 18.1 Å². The van der Waals surface area contributed by atoms with Crippen LogP contribution in [0.2, 0.25) is 0 Å². The van der Waals surface area contributed by atoms with E-state index in [1.165, 1.54) is 23.6 Å². The number of aliphatic hydroxyl groups excluding tert-OH is 1. The van der Waals surface area contributed by atoms with E-state index in [9.17, 15) is 24.3 Å². The number of carbonyl (C=O) groups is 4. The number of ether oxygens (including phenoxy) is 3. The molecule has 1 saturated carbocycles. The second-order valence-corrected chi connectivity index (χ2v) is 11.3. The quantitative estimate of drug-likeness (QED) is 0.291. The summed E-state index contributed by atoms with van der Waals surface area (Å²) in [4.78, 5) is 53.8. The molecule has 0 radical (unpaired) electrons. The van der Waals surface area contributed by atoms with Crippen LogP contribution in [0.3, 0.4) is 0 Å². The SMILES string of the molecule is CC(OC(=O)OC1CCCCC1)OC(=O)C1=C(SC2CNC(=O)N(C)C2)[C@H](C)[C@@H]2[C@@H]([C@@H](C)O)C(=O)N12. The van der Waals surface area contributed by atoms with Crippen molar-refractivity contribution in [1.82, 2.24) is 15.1 Å². The summed E-state index contributed by atoms with van der Waals surface area (Å²) >= 11 is 1.42. The summed E-state index contributed by atoms with van der Waals surface area (Å²) in [6, 6.07) is -0.537. The summed E-state index contributed by atoms with van der Waals surface area (Å²) in [7, 11) is 1.69. The minimum Gasteiger partial charge on any atom is -0.431 e. The van der Waals surface area contributed by atoms with Crippen LogP contribution in [0.15, 0.2) is 10.6 Å². The lowest BCUT2D eigenvalue weighted by Crippen LogP contribution is -2.63. The van der Waals surface area contributed by atoms with Gasteiger partial charge in [0.2, 0.25) is 12.2 Å². The summed E-state index contributed by atoms with van der Waals surface area (Å²) in [5.74, 6) is -1.96. The smallest absolute Gasteiger partial charge is 0.431 e. The van der Waals surface area contributed by atoms with E-state index in [4.69, 9.17) is 14.2 Å². The average molecular weight is 526 g/mol. The molecule has 3 aliphatic heterocycles. The number of fused-ring (bicyclic) bond motifs is 1. The number of esters is 1. The summed E-state index contributed by atoms with van der Waals surface area (Å²) in [5, 5.41) is 12.9. The molecular weight excluding hydrogens is 490 g/mol. The number of nitrogens with zero attached hydrogens (tertiary/aromatic N) is 2. The summed E-state index contributed by atoms with van der Waals surface area (Å²) in [6.45, 7) is 5.78. The molecule has 0 bridgehead atoms. The van der Waals surface area contributed by atoms with Crippen molar-refractivity contribution < 1.29 is 38.5 Å². The van der Waals surface area contributed by atoms with Gasteiger partial charge in [-0.05, 0) is 32.6 Å². The van der Waals surface area contributed by atoms with E-state index in [-0.39, 0.29) is 40.9 Å². The number of nitrogens with one attached hydrogen (secondary N) is 1. The maximum absolute atomic E-state index is 13.3. The molecule has 1 aliphatic carbocycles. The van der Waals surface area contributed by atoms with E-state index in [1.54, 1.807) is 18.9 Å². The Labute approximate surface area is 214 Å². The van der Waals surface area contributed by atoms with E-state index in [0.29, 0.717) is 18.0 Å². The number of β-lactam (4-membered cyclic amide) rings is 1. The number of hydrogen-bond acceptors (Lipinski definition) is 9. The van der Waals surface area contributed by atoms with E-state index in [2.05, 4.69) is 5.32 Å². The van der Waals surface area contributed by atoms with Crippen molar-refractivity contribution >= 4 is 35.8 Å². The highest BCUT2D eigenvalue weighted by Crippen LogP contribution is 2.51. The van der Waals surface area contributed by atoms with Crippen LogP contribution >= 0.6 is 11.8 Å². The minimum absolute atomic E-state index is 0.0501. The van der Waals surface area contributed by atoms with Crippen molar-refractivity contribution in [2.45, 2.75) is 82.7 Å². The summed E-state index contributed by atoms with van der Waals surface area (Å²) < 4.78 is 15.9. The van der Waals surface area contributed by atoms with Crippen LogP contribution in [-0.4, -0.2) is 88.9 Å². The second-order valence-electron chi connectivity index (χ2n) is 9.99. The van der Waals surface area contributed by atoms with Crippen LogP contribution in [0.1, 0.15) is 52.9 Å². The van der Waals surface area contributed by atoms with Gasteiger partial charge in [-0.2, -0.15) is 0 Å². The van der Waals surface area contributed by atoms with Crippen LogP contribution in [0.5, 0.6) is 0 Å². The molecule has 2 saturated heterocycles. The zero-order valence-electron chi connectivity index (χ0n) is 21.1. The zero-order chi connectivity index (χ0) is 26.1. The highest BCUT2D eigenvalue weighted by Gasteiger charge is 2.60. The van der Waals surface area contributed by atoms with Gasteiger partial charge in [-0.15, -0.1) is 11.8 Å². The Balaban J connectivity index is 1.46. The first-order valence-electron chi connectivity index (χ1n) is 12.6. The molecule has 11 nitrogen and oxygen atoms in total. The van der Waals surface area contributed by atoms with Crippen molar-refractivity contribution in [2.75, 3.05) is 20.1 Å². The fourth-order valence-corrected chi connectivity index (χ4v) is 6.90. The van der Waals surface area contributed by atoms with Crippen LogP contribution in [0, 0.1) is 11.8 Å². The van der Waals surface area contributed by atoms with Crippen molar-refractivity contribution in [3.63, 3.8) is 0 Å². The number of thioether (sulfide) groups is 1. The number of hydrogen-bond donors (Lipinski definition) is 2. The Hall–Kier alpha value is -2.47. The fraction of sp³-hybridized carbons (Fsp3) is 0.750. The Bertz CT molecular complexity index is 934. The Morgan fingerprint density at radius 3 is 2.47 bits per heavy atom. The molecule has 2 N–H and O–H groups in total. The molecule has 3 fully saturated rings. The monoisotopic (exact) mass is 525 g/mol. The first kappa shape index (κ1) is 26.6. The van der Waals surface area contributed by atoms with Crippen LogP contribution in [0.25, 0.3) is 0 Å². The highest BCUT2D eigenvalue weighted by molar-refractivity contribution is 8.03. The average Bonchev–Trinajstić information content (AvgIpc) is 3.04. The predicted octanol–water partition coefficient (Wildman–Crippen LogP) is 2.19. The van der Waals surface area contributed by atoms with Crippen molar-refractivity contribution in [1.29, 1.82) is 0 Å². The number of carbonyl (C=O) groups excluding carboxylic acids is 4. The molecule has 3 amide bonds. The molecule has 4 rings (SSSR count). The molecular formula is C24H35N3O8S. The van der Waals surface area contributed by atoms with E-state index in [0.717, 1.165) is 32.1 Å². The Kier molecular flexibility index (Phi) is 8.03. The number of urea groups is 1. The number of amides is 3. The molecule has 36 heavy (non-hydrogen) atoms. The third kappa shape index (κ3) is 5.29. The lowest BCUT2D eigenvalue weighted by molar-refractivity contribution is -0.174. The van der Waals surface area contributed by atoms with Crippen LogP contribution in [0.4, 0.5) is 9.59 Å². The predicted molar refractivity (Wildman–Crippen MR) is 129 cm³/mol. The van der Waals surface area contributed by atoms with Gasteiger partial charge in [-0.1, -0.05) is 13.3 Å². The number of rotatable bonds is 7. The van der Waals surface area contributed by atoms with Gasteiger partial charge >= 0.3 is 18.2 Å². The second kappa shape index (κ2) is 10.9. The third-order valence-corrected chi connectivity index (χ3v) is 8.72. The molecule has 4 aliphatic rings. The van der Waals surface area contributed by atoms with Crippen LogP contribution in [-0.2, 0) is 23.8 Å². The number of aliphatic hydroxyl groups is 1. The van der Waals surface area contributed by atoms with Gasteiger partial charge in [-0.25, -0.2) is 14.4 Å². The normalized spacial score (nSPS) is 30.2. The van der Waals surface area contributed by atoms with Gasteiger partial charge in [0, 0.05) is 43.1 Å². The lowest BCUT2D eigenvalue weighted by atomic mass is 9.79. The van der Waals surface area contributed by atoms with Crippen molar-refractivity contribution in [3.8, 4) is 0 Å². The highest BCUT2D eigenvalue weighted by atomic mass is 32.2. The van der Waals surface area contributed by atoms with Gasteiger partial charge in [0.15, 0.2) is 0 Å². The van der Waals surface area contributed by atoms with E-state index < -0.39 is 30.4 Å². The van der Waals surface area contributed by atoms with Gasteiger partial charge in [-0.3, -0.25) is 4.79 Å². The first-order valence-corrected chi connectivity index (χ1v) is 13.5. The topological polar surface area (TPSA) is 135 Å². The van der Waals surface area contributed by atoms with Crippen LogP contribution < -0.4 is 5.32 Å². The standard InChI is InChI=1S/C24H35N3O8S/c1-12-18-17(13(2)28)21(29)27(18)19(20(12)36-16-10-25-23(31)26(4)11-16)22(30)33-14(3)34-24(32)35-15-8-6-5-7-9-15/h12-18,28H,5-11H2,1-4H3,(H,25,31)/t12-,13-,14?,16?,17-,18-/m1/s1. The molecule has 0 aromatic rings. The van der Waals surface area contributed by atoms with E-state index in [1.807, 2.05) is 6.92 Å². The van der Waals surface area contributed by atoms with Crippen molar-refractivity contribution in [2.24, 2.45) is 11.8 Å². The molecule has 0 spiro atoms. The molecule has 2 unspecified atom stereocenters. The molecule has 3 heterocycles. The molecule has 200 valence electrons. The maximum Gasteiger partial charge on any atom is 0.511 e. The third-order valence-electron chi connectivity index (χ3n) is 7.25. The fourth-order valence-electron chi connectivity index (χ4n) is 5.43. The van der Waals surface area contributed by atoms with Gasteiger partial charge in [0.25, 0.3) is 0 Å². The largest absolute Gasteiger partial charge is 0.511 e.